The summed E-state index contributed by atoms with van der Waals surface area (Å²) in [7, 11) is -2.18. The number of rotatable bonds is 6. The number of anilines is 1. The lowest BCUT2D eigenvalue weighted by Gasteiger charge is -2.32. The quantitative estimate of drug-likeness (QED) is 0.649. The molecule has 1 aromatic carbocycles. The first kappa shape index (κ1) is 20.9. The number of hydrogen-bond acceptors (Lipinski definition) is 6. The lowest BCUT2D eigenvalue weighted by molar-refractivity contribution is -0.124. The zero-order valence-corrected chi connectivity index (χ0v) is 16.1. The summed E-state index contributed by atoms with van der Waals surface area (Å²) in [5.74, 6) is -0.00631. The summed E-state index contributed by atoms with van der Waals surface area (Å²) in [6, 6.07) is 4.36. The van der Waals surface area contributed by atoms with Crippen molar-refractivity contribution in [3.8, 4) is 5.75 Å². The number of hydrogen-bond donors (Lipinski definition) is 3. The number of nitrogens with one attached hydrogen (secondary N) is 2. The van der Waals surface area contributed by atoms with Crippen LogP contribution in [0.25, 0.3) is 0 Å². The van der Waals surface area contributed by atoms with Gasteiger partial charge < -0.3 is 20.5 Å². The first-order chi connectivity index (χ1) is 11.8. The van der Waals surface area contributed by atoms with Crippen LogP contribution >= 0.6 is 12.4 Å². The van der Waals surface area contributed by atoms with E-state index in [0.29, 0.717) is 31.8 Å². The summed E-state index contributed by atoms with van der Waals surface area (Å²) < 4.78 is 37.8. The molecule has 146 valence electrons. The monoisotopic (exact) mass is 405 g/mol. The van der Waals surface area contributed by atoms with Crippen molar-refractivity contribution in [2.24, 2.45) is 5.73 Å². The third-order valence-electron chi connectivity index (χ3n) is 4.47. The molecule has 0 atom stereocenters. The van der Waals surface area contributed by atoms with Crippen LogP contribution in [0, 0.1) is 0 Å². The molecule has 10 heteroatoms. The number of sulfonamides is 1. The van der Waals surface area contributed by atoms with Gasteiger partial charge >= 0.3 is 0 Å². The molecule has 2 aliphatic rings. The van der Waals surface area contributed by atoms with Crippen molar-refractivity contribution in [2.45, 2.75) is 42.2 Å². The number of benzene rings is 1. The fourth-order valence-corrected chi connectivity index (χ4v) is 3.98. The highest BCUT2D eigenvalue weighted by atomic mass is 35.5. The molecule has 0 aromatic heterocycles. The Morgan fingerprint density at radius 1 is 1.31 bits per heavy atom. The molecule has 3 rings (SSSR count). The Balaban J connectivity index is 0.00000243. The number of methoxy groups -OCH3 is 1. The van der Waals surface area contributed by atoms with Crippen molar-refractivity contribution in [2.75, 3.05) is 25.6 Å². The van der Waals surface area contributed by atoms with Crippen molar-refractivity contribution in [1.82, 2.24) is 4.72 Å². The fourth-order valence-electron chi connectivity index (χ4n) is 2.65. The Morgan fingerprint density at radius 3 is 2.54 bits per heavy atom. The smallest absolute Gasteiger partial charge is 0.244 e. The summed E-state index contributed by atoms with van der Waals surface area (Å²) in [6.07, 6.45) is 2.50. The zero-order chi connectivity index (χ0) is 18.1. The molecule has 1 amide bonds. The Labute approximate surface area is 159 Å². The van der Waals surface area contributed by atoms with Crippen LogP contribution in [0.15, 0.2) is 23.1 Å². The summed E-state index contributed by atoms with van der Waals surface area (Å²) in [5, 5.41) is 2.72. The van der Waals surface area contributed by atoms with Gasteiger partial charge in [-0.3, -0.25) is 4.79 Å². The van der Waals surface area contributed by atoms with Gasteiger partial charge in [0.2, 0.25) is 15.9 Å². The second kappa shape index (κ2) is 8.10. The van der Waals surface area contributed by atoms with Crippen LogP contribution in [-0.4, -0.2) is 46.2 Å². The van der Waals surface area contributed by atoms with Crippen LogP contribution in [0.1, 0.15) is 25.7 Å². The highest BCUT2D eigenvalue weighted by molar-refractivity contribution is 7.89. The molecule has 1 heterocycles. The lowest BCUT2D eigenvalue weighted by atomic mass is 9.90. The van der Waals surface area contributed by atoms with Gasteiger partial charge in [-0.15, -0.1) is 12.4 Å². The van der Waals surface area contributed by atoms with E-state index in [0.717, 1.165) is 12.8 Å². The molecule has 1 aliphatic carbocycles. The maximum absolute atomic E-state index is 12.6. The van der Waals surface area contributed by atoms with Gasteiger partial charge in [0.1, 0.15) is 11.3 Å². The van der Waals surface area contributed by atoms with Gasteiger partial charge in [-0.25, -0.2) is 13.1 Å². The zero-order valence-electron chi connectivity index (χ0n) is 14.5. The van der Waals surface area contributed by atoms with Gasteiger partial charge in [0.15, 0.2) is 0 Å². The largest absolute Gasteiger partial charge is 0.495 e. The average Bonchev–Trinajstić information content (AvgIpc) is 3.38. The van der Waals surface area contributed by atoms with Gasteiger partial charge in [0.05, 0.1) is 17.7 Å². The van der Waals surface area contributed by atoms with Crippen LogP contribution in [0.4, 0.5) is 5.69 Å². The topological polar surface area (TPSA) is 120 Å². The molecule has 0 spiro atoms. The van der Waals surface area contributed by atoms with E-state index in [4.69, 9.17) is 15.2 Å². The molecule has 8 nitrogen and oxygen atoms in total. The number of carbonyl (C=O) groups is 1. The van der Waals surface area contributed by atoms with Crippen LogP contribution in [-0.2, 0) is 19.6 Å². The van der Waals surface area contributed by atoms with Gasteiger partial charge in [-0.2, -0.15) is 0 Å². The van der Waals surface area contributed by atoms with Crippen molar-refractivity contribution < 1.29 is 22.7 Å². The standard InChI is InChI=1S/C16H23N3O5S.ClH/c1-23-14-5-4-12(25(21,22)19-11-2-3-11)10-13(14)18-15(20)16(17)6-8-24-9-7-16;/h4-5,10-11,19H,2-3,6-9,17H2,1H3,(H,18,20);1H. The highest BCUT2D eigenvalue weighted by Gasteiger charge is 2.36. The van der Waals surface area contributed by atoms with E-state index in [1.807, 2.05) is 0 Å². The molecule has 4 N–H and O–H groups in total. The first-order valence-electron chi connectivity index (χ1n) is 8.22. The highest BCUT2D eigenvalue weighted by Crippen LogP contribution is 2.30. The van der Waals surface area contributed by atoms with Crippen LogP contribution in [0.5, 0.6) is 5.75 Å². The predicted molar refractivity (Wildman–Crippen MR) is 99.2 cm³/mol. The molecule has 1 aromatic rings. The van der Waals surface area contributed by atoms with Crippen molar-refractivity contribution in [1.29, 1.82) is 0 Å². The Kier molecular flexibility index (Phi) is 6.51. The van der Waals surface area contributed by atoms with Gasteiger partial charge in [0, 0.05) is 19.3 Å². The Hall–Kier alpha value is -1.39. The fraction of sp³-hybridized carbons (Fsp3) is 0.562. The third kappa shape index (κ3) is 4.66. The summed E-state index contributed by atoms with van der Waals surface area (Å²) in [6.45, 7) is 0.835. The minimum atomic E-state index is -3.63. The predicted octanol–water partition coefficient (Wildman–Crippen LogP) is 1.00. The number of carbonyl (C=O) groups excluding carboxylic acids is 1. The molecule has 1 saturated carbocycles. The minimum absolute atomic E-state index is 0. The van der Waals surface area contributed by atoms with Gasteiger partial charge in [-0.1, -0.05) is 0 Å². The van der Waals surface area contributed by atoms with Crippen molar-refractivity contribution >= 4 is 34.0 Å². The Bertz CT molecular complexity index is 761. The second-order valence-corrected chi connectivity index (χ2v) is 8.19. The molecule has 0 radical (unpaired) electrons. The number of ether oxygens (including phenoxy) is 2. The van der Waals surface area contributed by atoms with E-state index >= 15 is 0 Å². The van der Waals surface area contributed by atoms with Gasteiger partial charge in [0.25, 0.3) is 0 Å². The van der Waals surface area contributed by atoms with E-state index in [2.05, 4.69) is 10.0 Å². The van der Waals surface area contributed by atoms with E-state index in [-0.39, 0.29) is 34.9 Å². The summed E-state index contributed by atoms with van der Waals surface area (Å²) >= 11 is 0. The molecular formula is C16H24ClN3O5S. The number of nitrogens with two attached hydrogens (primary N) is 1. The van der Waals surface area contributed by atoms with Gasteiger partial charge in [-0.05, 0) is 43.9 Å². The lowest BCUT2D eigenvalue weighted by Crippen LogP contribution is -2.54. The van der Waals surface area contributed by atoms with E-state index in [1.54, 1.807) is 0 Å². The molecule has 1 aliphatic heterocycles. The van der Waals surface area contributed by atoms with Crippen LogP contribution in [0.2, 0.25) is 0 Å². The molecular weight excluding hydrogens is 382 g/mol. The van der Waals surface area contributed by atoms with Crippen LogP contribution in [0.3, 0.4) is 0 Å². The molecule has 0 unspecified atom stereocenters. The first-order valence-corrected chi connectivity index (χ1v) is 9.71. The van der Waals surface area contributed by atoms with E-state index in [9.17, 15) is 13.2 Å². The third-order valence-corrected chi connectivity index (χ3v) is 5.98. The summed E-state index contributed by atoms with van der Waals surface area (Å²) in [4.78, 5) is 12.7. The molecule has 1 saturated heterocycles. The van der Waals surface area contributed by atoms with Crippen molar-refractivity contribution in [3.63, 3.8) is 0 Å². The van der Waals surface area contributed by atoms with Crippen molar-refractivity contribution in [3.05, 3.63) is 18.2 Å². The molecule has 0 bridgehead atoms. The maximum atomic E-state index is 12.6. The SMILES string of the molecule is COc1ccc(S(=O)(=O)NC2CC2)cc1NC(=O)C1(N)CCOCC1.Cl. The minimum Gasteiger partial charge on any atom is -0.495 e. The average molecular weight is 406 g/mol. The second-order valence-electron chi connectivity index (χ2n) is 6.48. The number of amides is 1. The van der Waals surface area contributed by atoms with E-state index in [1.165, 1.54) is 25.3 Å². The summed E-state index contributed by atoms with van der Waals surface area (Å²) in [5.41, 5.74) is 5.42. The Morgan fingerprint density at radius 2 is 1.96 bits per heavy atom. The molecule has 26 heavy (non-hydrogen) atoms. The van der Waals surface area contributed by atoms with Crippen LogP contribution < -0.4 is 20.5 Å². The van der Waals surface area contributed by atoms with E-state index < -0.39 is 15.6 Å². The molecule has 2 fully saturated rings. The number of halogens is 1. The maximum Gasteiger partial charge on any atom is 0.244 e. The normalized spacial score (nSPS) is 19.3.